The molecule has 36 heavy (non-hydrogen) atoms. The zero-order valence-corrected chi connectivity index (χ0v) is 23.7. The number of para-hydroxylation sites is 1. The zero-order valence-electron chi connectivity index (χ0n) is 23.7. The van der Waals surface area contributed by atoms with Crippen LogP contribution in [0.1, 0.15) is 76.2 Å². The summed E-state index contributed by atoms with van der Waals surface area (Å²) >= 11 is 0. The molecular formula is C32H48N4. The second-order valence-corrected chi connectivity index (χ2v) is 11.5. The molecule has 1 N–H and O–H groups in total. The molecule has 0 amide bonds. The van der Waals surface area contributed by atoms with E-state index in [0.717, 1.165) is 40.9 Å². The van der Waals surface area contributed by atoms with Crippen LogP contribution in [0.2, 0.25) is 0 Å². The first kappa shape index (κ1) is 28.1. The molecule has 1 fully saturated rings. The monoisotopic (exact) mass is 488 g/mol. The molecule has 0 saturated heterocycles. The lowest BCUT2D eigenvalue weighted by Crippen LogP contribution is -2.29. The fourth-order valence-electron chi connectivity index (χ4n) is 5.09. The van der Waals surface area contributed by atoms with Gasteiger partial charge in [-0.05, 0) is 86.2 Å². The normalized spacial score (nSPS) is 18.6. The van der Waals surface area contributed by atoms with E-state index >= 15 is 0 Å². The van der Waals surface area contributed by atoms with Crippen molar-refractivity contribution in [2.24, 2.45) is 17.8 Å². The summed E-state index contributed by atoms with van der Waals surface area (Å²) < 4.78 is 0. The number of hydrogen-bond acceptors (Lipinski definition) is 4. The molecule has 0 aliphatic heterocycles. The van der Waals surface area contributed by atoms with Crippen LogP contribution in [0.3, 0.4) is 0 Å². The molecule has 0 bridgehead atoms. The molecule has 0 spiro atoms. The van der Waals surface area contributed by atoms with Crippen LogP contribution in [0.15, 0.2) is 48.5 Å². The molecule has 4 rings (SSSR count). The summed E-state index contributed by atoms with van der Waals surface area (Å²) in [6, 6.07) is 17.3. The highest BCUT2D eigenvalue weighted by molar-refractivity contribution is 5.89. The average molecular weight is 489 g/mol. The average Bonchev–Trinajstić information content (AvgIpc) is 2.85. The number of rotatable bonds is 8. The number of hydrogen-bond donors (Lipinski definition) is 1. The van der Waals surface area contributed by atoms with Gasteiger partial charge in [0.15, 0.2) is 0 Å². The summed E-state index contributed by atoms with van der Waals surface area (Å²) in [5, 5.41) is 4.82. The summed E-state index contributed by atoms with van der Waals surface area (Å²) in [6.45, 7) is 13.6. The van der Waals surface area contributed by atoms with E-state index in [1.54, 1.807) is 0 Å². The lowest BCUT2D eigenvalue weighted by molar-refractivity contribution is 0.278. The third-order valence-corrected chi connectivity index (χ3v) is 7.41. The van der Waals surface area contributed by atoms with Gasteiger partial charge in [-0.25, -0.2) is 9.97 Å². The summed E-state index contributed by atoms with van der Waals surface area (Å²) in [7, 11) is 3.99. The van der Waals surface area contributed by atoms with E-state index in [0.29, 0.717) is 11.8 Å². The van der Waals surface area contributed by atoms with Gasteiger partial charge in [0, 0.05) is 19.5 Å². The minimum atomic E-state index is 0.631. The van der Waals surface area contributed by atoms with Crippen LogP contribution in [-0.4, -0.2) is 37.2 Å². The largest absolute Gasteiger partial charge is 0.362 e. The number of nitrogens with one attached hydrogen (secondary N) is 1. The lowest BCUT2D eigenvalue weighted by atomic mass is 9.83. The summed E-state index contributed by atoms with van der Waals surface area (Å²) in [4.78, 5) is 10.8. The number of aryl methyl sites for hydroxylation is 1. The molecule has 1 aromatic heterocycles. The van der Waals surface area contributed by atoms with Gasteiger partial charge >= 0.3 is 0 Å². The van der Waals surface area contributed by atoms with Gasteiger partial charge in [-0.3, -0.25) is 0 Å². The Balaban J connectivity index is 0.000000221. The Hall–Kier alpha value is -2.46. The van der Waals surface area contributed by atoms with E-state index in [1.165, 1.54) is 49.8 Å². The van der Waals surface area contributed by atoms with Crippen LogP contribution in [0.4, 0.5) is 5.82 Å². The first-order valence-corrected chi connectivity index (χ1v) is 13.9. The molecule has 4 nitrogen and oxygen atoms in total. The Morgan fingerprint density at radius 3 is 2.22 bits per heavy atom. The molecule has 0 radical (unpaired) electrons. The Morgan fingerprint density at radius 2 is 1.58 bits per heavy atom. The maximum absolute atomic E-state index is 4.42. The Bertz CT molecular complexity index is 1050. The van der Waals surface area contributed by atoms with Crippen LogP contribution in [0.25, 0.3) is 10.9 Å². The fraction of sp³-hybridized carbons (Fsp3) is 0.562. The molecule has 1 unspecified atom stereocenters. The van der Waals surface area contributed by atoms with Crippen molar-refractivity contribution in [3.8, 4) is 0 Å². The maximum atomic E-state index is 4.42. The van der Waals surface area contributed by atoms with Gasteiger partial charge < -0.3 is 10.2 Å². The van der Waals surface area contributed by atoms with Crippen molar-refractivity contribution < 1.29 is 0 Å². The van der Waals surface area contributed by atoms with Crippen LogP contribution in [0.5, 0.6) is 0 Å². The van der Waals surface area contributed by atoms with Crippen LogP contribution in [-0.2, 0) is 6.42 Å². The predicted octanol–water partition coefficient (Wildman–Crippen LogP) is 7.41. The molecular weight excluding hydrogens is 440 g/mol. The highest BCUT2D eigenvalue weighted by Crippen LogP contribution is 2.27. The SMILES string of the molecule is CC1CCC(CNCC(C)Cc2ccc(C(C)C)cc2)CC1.Cc1nc(N(C)C)c2ccccc2n1. The predicted molar refractivity (Wildman–Crippen MR) is 156 cm³/mol. The van der Waals surface area contributed by atoms with Gasteiger partial charge in [-0.1, -0.05) is 76.9 Å². The third-order valence-electron chi connectivity index (χ3n) is 7.41. The number of nitrogens with zero attached hydrogens (tertiary/aromatic N) is 3. The first-order chi connectivity index (χ1) is 17.2. The topological polar surface area (TPSA) is 41.1 Å². The number of anilines is 1. The van der Waals surface area contributed by atoms with Gasteiger partial charge in [0.05, 0.1) is 5.52 Å². The molecule has 1 atom stereocenters. The number of fused-ring (bicyclic) bond motifs is 1. The van der Waals surface area contributed by atoms with Gasteiger partial charge in [-0.2, -0.15) is 0 Å². The zero-order chi connectivity index (χ0) is 26.1. The molecule has 4 heteroatoms. The summed E-state index contributed by atoms with van der Waals surface area (Å²) in [6.07, 6.45) is 6.92. The minimum absolute atomic E-state index is 0.631. The van der Waals surface area contributed by atoms with E-state index in [4.69, 9.17) is 0 Å². The van der Waals surface area contributed by atoms with Crippen molar-refractivity contribution in [3.63, 3.8) is 0 Å². The maximum Gasteiger partial charge on any atom is 0.139 e. The van der Waals surface area contributed by atoms with Crippen molar-refractivity contribution in [1.82, 2.24) is 15.3 Å². The van der Waals surface area contributed by atoms with Gasteiger partial charge in [0.2, 0.25) is 0 Å². The highest BCUT2D eigenvalue weighted by Gasteiger charge is 2.17. The van der Waals surface area contributed by atoms with Crippen molar-refractivity contribution in [2.75, 3.05) is 32.1 Å². The molecule has 1 aliphatic rings. The van der Waals surface area contributed by atoms with Gasteiger partial charge in [-0.15, -0.1) is 0 Å². The molecule has 2 aromatic carbocycles. The van der Waals surface area contributed by atoms with E-state index in [1.807, 2.05) is 50.2 Å². The second kappa shape index (κ2) is 13.7. The smallest absolute Gasteiger partial charge is 0.139 e. The van der Waals surface area contributed by atoms with Crippen LogP contribution in [0, 0.1) is 24.7 Å². The molecule has 3 aromatic rings. The third kappa shape index (κ3) is 8.58. The molecule has 196 valence electrons. The van der Waals surface area contributed by atoms with Crippen LogP contribution < -0.4 is 10.2 Å². The van der Waals surface area contributed by atoms with E-state index < -0.39 is 0 Å². The molecule has 1 heterocycles. The van der Waals surface area contributed by atoms with Gasteiger partial charge in [0.1, 0.15) is 11.6 Å². The van der Waals surface area contributed by atoms with Crippen molar-refractivity contribution in [2.45, 2.75) is 72.6 Å². The van der Waals surface area contributed by atoms with Crippen molar-refractivity contribution in [1.29, 1.82) is 0 Å². The van der Waals surface area contributed by atoms with E-state index in [9.17, 15) is 0 Å². The first-order valence-electron chi connectivity index (χ1n) is 13.9. The van der Waals surface area contributed by atoms with Crippen molar-refractivity contribution in [3.05, 3.63) is 65.5 Å². The summed E-state index contributed by atoms with van der Waals surface area (Å²) in [5.41, 5.74) is 3.93. The Morgan fingerprint density at radius 1 is 0.917 bits per heavy atom. The minimum Gasteiger partial charge on any atom is -0.362 e. The standard InChI is InChI=1S/C21H35N.C11H13N3/c1-16(2)21-11-9-19(10-12-21)13-18(4)14-22-15-20-7-5-17(3)6-8-20;1-8-12-10-7-5-4-6-9(10)11(13-8)14(2)3/h9-12,16-18,20,22H,5-8,13-15H2,1-4H3;4-7H,1-3H3. The Kier molecular flexibility index (Phi) is 10.7. The van der Waals surface area contributed by atoms with Gasteiger partial charge in [0.25, 0.3) is 0 Å². The number of aromatic nitrogens is 2. The molecule has 1 aliphatic carbocycles. The van der Waals surface area contributed by atoms with E-state index in [2.05, 4.69) is 67.2 Å². The number of benzene rings is 2. The van der Waals surface area contributed by atoms with E-state index in [-0.39, 0.29) is 0 Å². The second-order valence-electron chi connectivity index (χ2n) is 11.5. The Labute approximate surface area is 219 Å². The summed E-state index contributed by atoms with van der Waals surface area (Å²) in [5.74, 6) is 5.02. The lowest BCUT2D eigenvalue weighted by Gasteiger charge is -2.26. The quantitative estimate of drug-likeness (QED) is 0.358. The molecule has 1 saturated carbocycles. The highest BCUT2D eigenvalue weighted by atomic mass is 15.1. The van der Waals surface area contributed by atoms with Crippen molar-refractivity contribution >= 4 is 16.7 Å². The fourth-order valence-corrected chi connectivity index (χ4v) is 5.09. The van der Waals surface area contributed by atoms with Crippen LogP contribution >= 0.6 is 0 Å².